The fourth-order valence-corrected chi connectivity index (χ4v) is 3.12. The van der Waals surface area contributed by atoms with Crippen LogP contribution in [0.15, 0.2) is 53.7 Å². The van der Waals surface area contributed by atoms with Crippen molar-refractivity contribution in [2.24, 2.45) is 5.16 Å². The monoisotopic (exact) mass is 325 g/mol. The minimum absolute atomic E-state index is 0.248. The molecule has 126 valence electrons. The molecule has 3 rings (SSSR count). The lowest BCUT2D eigenvalue weighted by molar-refractivity contribution is 0.201. The second-order valence-corrected chi connectivity index (χ2v) is 6.10. The van der Waals surface area contributed by atoms with Crippen LogP contribution in [0.3, 0.4) is 0 Å². The Balaban J connectivity index is 1.83. The van der Waals surface area contributed by atoms with Crippen LogP contribution in [-0.2, 0) is 6.42 Å². The van der Waals surface area contributed by atoms with Gasteiger partial charge < -0.3 is 14.7 Å². The maximum atomic E-state index is 9.46. The number of hydrogen-bond donors (Lipinski definition) is 1. The average Bonchev–Trinajstić information content (AvgIpc) is 3.13. The number of ether oxygens (including phenoxy) is 2. The second kappa shape index (κ2) is 7.86. The Hall–Kier alpha value is -2.49. The van der Waals surface area contributed by atoms with Crippen LogP contribution < -0.4 is 9.47 Å². The van der Waals surface area contributed by atoms with Crippen LogP contribution in [0.4, 0.5) is 0 Å². The van der Waals surface area contributed by atoms with Gasteiger partial charge in [-0.2, -0.15) is 0 Å². The van der Waals surface area contributed by atoms with Crippen LogP contribution in [0.2, 0.25) is 0 Å². The molecule has 0 atom stereocenters. The van der Waals surface area contributed by atoms with E-state index in [-0.39, 0.29) is 6.10 Å². The molecule has 0 heterocycles. The van der Waals surface area contributed by atoms with Crippen LogP contribution >= 0.6 is 0 Å². The standard InChI is InChI=1S/C20H23NO3/c1-23-19-12-11-16(14-20(19)24-17-9-5-6-10-17)18(21-22)13-15-7-3-2-4-8-15/h2-4,7-8,11-12,14,17,22H,5-6,9-10,13H2,1H3. The third-order valence-electron chi connectivity index (χ3n) is 4.43. The van der Waals surface area contributed by atoms with Gasteiger partial charge in [-0.3, -0.25) is 0 Å². The molecular formula is C20H23NO3. The van der Waals surface area contributed by atoms with E-state index >= 15 is 0 Å². The van der Waals surface area contributed by atoms with Crippen molar-refractivity contribution in [2.45, 2.75) is 38.2 Å². The normalized spacial score (nSPS) is 15.5. The summed E-state index contributed by atoms with van der Waals surface area (Å²) in [6.45, 7) is 0. The van der Waals surface area contributed by atoms with Gasteiger partial charge in [0.05, 0.1) is 18.9 Å². The molecule has 0 aromatic heterocycles. The molecule has 1 fully saturated rings. The molecule has 0 spiro atoms. The van der Waals surface area contributed by atoms with Crippen LogP contribution in [0, 0.1) is 0 Å². The van der Waals surface area contributed by atoms with Crippen molar-refractivity contribution >= 4 is 5.71 Å². The first-order valence-electron chi connectivity index (χ1n) is 8.40. The Morgan fingerprint density at radius 3 is 2.50 bits per heavy atom. The van der Waals surface area contributed by atoms with E-state index in [2.05, 4.69) is 5.16 Å². The zero-order valence-corrected chi connectivity index (χ0v) is 13.9. The molecule has 0 radical (unpaired) electrons. The molecule has 0 aliphatic heterocycles. The van der Waals surface area contributed by atoms with Crippen molar-refractivity contribution in [3.63, 3.8) is 0 Å². The van der Waals surface area contributed by atoms with Gasteiger partial charge in [0.2, 0.25) is 0 Å². The van der Waals surface area contributed by atoms with E-state index in [4.69, 9.17) is 9.47 Å². The Morgan fingerprint density at radius 2 is 1.83 bits per heavy atom. The minimum Gasteiger partial charge on any atom is -0.493 e. The van der Waals surface area contributed by atoms with Gasteiger partial charge in [0.25, 0.3) is 0 Å². The molecule has 24 heavy (non-hydrogen) atoms. The summed E-state index contributed by atoms with van der Waals surface area (Å²) in [6.07, 6.45) is 5.40. The maximum absolute atomic E-state index is 9.46. The minimum atomic E-state index is 0.248. The zero-order chi connectivity index (χ0) is 16.8. The zero-order valence-electron chi connectivity index (χ0n) is 13.9. The molecule has 1 aliphatic carbocycles. The lowest BCUT2D eigenvalue weighted by atomic mass is 10.0. The first kappa shape index (κ1) is 16.4. The molecule has 4 nitrogen and oxygen atoms in total. The molecule has 0 amide bonds. The van der Waals surface area contributed by atoms with Gasteiger partial charge in [-0.05, 0) is 49.4 Å². The van der Waals surface area contributed by atoms with E-state index in [1.165, 1.54) is 12.8 Å². The predicted octanol–water partition coefficient (Wildman–Crippen LogP) is 4.44. The highest BCUT2D eigenvalue weighted by Crippen LogP contribution is 2.32. The van der Waals surface area contributed by atoms with Gasteiger partial charge >= 0.3 is 0 Å². The van der Waals surface area contributed by atoms with E-state index in [0.717, 1.165) is 29.7 Å². The fourth-order valence-electron chi connectivity index (χ4n) is 3.12. The number of benzene rings is 2. The Labute approximate surface area is 142 Å². The summed E-state index contributed by atoms with van der Waals surface area (Å²) >= 11 is 0. The summed E-state index contributed by atoms with van der Waals surface area (Å²) in [5, 5.41) is 13.0. The van der Waals surface area contributed by atoms with E-state index in [1.54, 1.807) is 7.11 Å². The van der Waals surface area contributed by atoms with Crippen LogP contribution in [0.5, 0.6) is 11.5 Å². The maximum Gasteiger partial charge on any atom is 0.162 e. The number of nitrogens with zero attached hydrogens (tertiary/aromatic N) is 1. The van der Waals surface area contributed by atoms with Gasteiger partial charge in [0, 0.05) is 12.0 Å². The van der Waals surface area contributed by atoms with Crippen molar-refractivity contribution in [1.29, 1.82) is 0 Å². The van der Waals surface area contributed by atoms with E-state index in [1.807, 2.05) is 48.5 Å². The smallest absolute Gasteiger partial charge is 0.162 e. The third kappa shape index (κ3) is 3.88. The highest BCUT2D eigenvalue weighted by Gasteiger charge is 2.19. The first-order chi connectivity index (χ1) is 11.8. The molecule has 1 N–H and O–H groups in total. The number of rotatable bonds is 6. The molecule has 0 unspecified atom stereocenters. The molecule has 0 bridgehead atoms. The quantitative estimate of drug-likeness (QED) is 0.485. The second-order valence-electron chi connectivity index (χ2n) is 6.10. The van der Waals surface area contributed by atoms with Gasteiger partial charge in [-0.1, -0.05) is 35.5 Å². The summed E-state index contributed by atoms with van der Waals surface area (Å²) in [7, 11) is 1.64. The Kier molecular flexibility index (Phi) is 5.36. The summed E-state index contributed by atoms with van der Waals surface area (Å²) in [4.78, 5) is 0. The summed E-state index contributed by atoms with van der Waals surface area (Å²) in [5.41, 5.74) is 2.55. The Bertz CT molecular complexity index is 691. The largest absolute Gasteiger partial charge is 0.493 e. The van der Waals surface area contributed by atoms with Crippen LogP contribution in [-0.4, -0.2) is 24.1 Å². The summed E-state index contributed by atoms with van der Waals surface area (Å²) in [5.74, 6) is 1.43. The van der Waals surface area contributed by atoms with Crippen LogP contribution in [0.25, 0.3) is 0 Å². The van der Waals surface area contributed by atoms with Crippen LogP contribution in [0.1, 0.15) is 36.8 Å². The lowest BCUT2D eigenvalue weighted by Crippen LogP contribution is -2.13. The first-order valence-corrected chi connectivity index (χ1v) is 8.40. The number of methoxy groups -OCH3 is 1. The van der Waals surface area contributed by atoms with Crippen molar-refractivity contribution in [1.82, 2.24) is 0 Å². The molecule has 2 aromatic carbocycles. The van der Waals surface area contributed by atoms with Gasteiger partial charge in [-0.25, -0.2) is 0 Å². The Morgan fingerprint density at radius 1 is 1.08 bits per heavy atom. The topological polar surface area (TPSA) is 51.0 Å². The van der Waals surface area contributed by atoms with Gasteiger partial charge in [-0.15, -0.1) is 0 Å². The average molecular weight is 325 g/mol. The third-order valence-corrected chi connectivity index (χ3v) is 4.43. The van der Waals surface area contributed by atoms with E-state index in [0.29, 0.717) is 17.9 Å². The molecule has 1 aliphatic rings. The van der Waals surface area contributed by atoms with E-state index < -0.39 is 0 Å². The molecular weight excluding hydrogens is 302 g/mol. The van der Waals surface area contributed by atoms with E-state index in [9.17, 15) is 5.21 Å². The molecule has 4 heteroatoms. The fraction of sp³-hybridized carbons (Fsp3) is 0.350. The summed E-state index contributed by atoms with van der Waals surface area (Å²) in [6, 6.07) is 15.7. The van der Waals surface area contributed by atoms with Crippen molar-refractivity contribution in [3.05, 3.63) is 59.7 Å². The SMILES string of the molecule is COc1ccc(C(Cc2ccccc2)=NO)cc1OC1CCCC1. The predicted molar refractivity (Wildman–Crippen MR) is 94.3 cm³/mol. The molecule has 2 aromatic rings. The summed E-state index contributed by atoms with van der Waals surface area (Å²) < 4.78 is 11.5. The lowest BCUT2D eigenvalue weighted by Gasteiger charge is -2.17. The highest BCUT2D eigenvalue weighted by molar-refractivity contribution is 6.02. The van der Waals surface area contributed by atoms with Gasteiger partial charge in [0.15, 0.2) is 11.5 Å². The van der Waals surface area contributed by atoms with Crippen molar-refractivity contribution < 1.29 is 14.7 Å². The highest BCUT2D eigenvalue weighted by atomic mass is 16.5. The van der Waals surface area contributed by atoms with Crippen molar-refractivity contribution in [3.8, 4) is 11.5 Å². The number of oxime groups is 1. The van der Waals surface area contributed by atoms with Gasteiger partial charge in [0.1, 0.15) is 0 Å². The van der Waals surface area contributed by atoms with Crippen molar-refractivity contribution in [2.75, 3.05) is 7.11 Å². The molecule has 1 saturated carbocycles. The molecule has 0 saturated heterocycles. The number of hydrogen-bond acceptors (Lipinski definition) is 4.